The maximum Gasteiger partial charge on any atom is 0.0246 e. The second kappa shape index (κ2) is 5.71. The maximum absolute atomic E-state index is 3.76. The average molecular weight is 238 g/mol. The molecule has 0 aromatic carbocycles. The lowest BCUT2D eigenvalue weighted by Gasteiger charge is -2.45. The molecule has 0 aromatic heterocycles. The Morgan fingerprint density at radius 3 is 2.76 bits per heavy atom. The molecule has 2 aliphatic rings. The van der Waals surface area contributed by atoms with E-state index >= 15 is 0 Å². The minimum absolute atomic E-state index is 0.480. The molecule has 2 heteroatoms. The largest absolute Gasteiger partial charge is 0.312 e. The fourth-order valence-electron chi connectivity index (χ4n) is 3.58. The van der Waals surface area contributed by atoms with Crippen molar-refractivity contribution >= 4 is 0 Å². The lowest BCUT2D eigenvalue weighted by molar-refractivity contribution is 0.0791. The van der Waals surface area contributed by atoms with E-state index in [1.165, 1.54) is 58.2 Å². The Morgan fingerprint density at radius 2 is 2.06 bits per heavy atom. The van der Waals surface area contributed by atoms with Crippen molar-refractivity contribution in [2.24, 2.45) is 5.41 Å². The highest BCUT2D eigenvalue weighted by atomic mass is 15.2. The van der Waals surface area contributed by atoms with Crippen LogP contribution in [0.4, 0.5) is 0 Å². The smallest absolute Gasteiger partial charge is 0.0246 e. The van der Waals surface area contributed by atoms with Crippen molar-refractivity contribution in [2.45, 2.75) is 71.4 Å². The second-order valence-corrected chi connectivity index (χ2v) is 6.65. The van der Waals surface area contributed by atoms with Gasteiger partial charge in [0.2, 0.25) is 0 Å². The first-order valence-corrected chi connectivity index (χ1v) is 7.61. The first-order chi connectivity index (χ1) is 8.13. The molecule has 1 N–H and O–H groups in total. The van der Waals surface area contributed by atoms with Crippen molar-refractivity contribution in [1.29, 1.82) is 0 Å². The SMILES string of the molecule is CCC1CCCCN1CC1NCCCC1(C)C. The third-order valence-corrected chi connectivity index (χ3v) is 4.97. The van der Waals surface area contributed by atoms with Gasteiger partial charge in [0.05, 0.1) is 0 Å². The normalized spacial score (nSPS) is 34.8. The number of piperidine rings is 2. The van der Waals surface area contributed by atoms with Crippen molar-refractivity contribution in [3.63, 3.8) is 0 Å². The van der Waals surface area contributed by atoms with Crippen LogP contribution >= 0.6 is 0 Å². The molecule has 2 rings (SSSR count). The van der Waals surface area contributed by atoms with E-state index in [9.17, 15) is 0 Å². The summed E-state index contributed by atoms with van der Waals surface area (Å²) in [7, 11) is 0. The fraction of sp³-hybridized carbons (Fsp3) is 1.00. The van der Waals surface area contributed by atoms with Gasteiger partial charge >= 0.3 is 0 Å². The number of hydrogen-bond donors (Lipinski definition) is 1. The fourth-order valence-corrected chi connectivity index (χ4v) is 3.58. The summed E-state index contributed by atoms with van der Waals surface area (Å²) in [5, 5.41) is 3.76. The van der Waals surface area contributed by atoms with Crippen LogP contribution in [0.1, 0.15) is 59.3 Å². The third kappa shape index (κ3) is 3.23. The van der Waals surface area contributed by atoms with Gasteiger partial charge in [-0.1, -0.05) is 27.2 Å². The van der Waals surface area contributed by atoms with Crippen LogP contribution in [0.5, 0.6) is 0 Å². The molecule has 0 aromatic rings. The van der Waals surface area contributed by atoms with E-state index in [-0.39, 0.29) is 0 Å². The second-order valence-electron chi connectivity index (χ2n) is 6.65. The Hall–Kier alpha value is -0.0800. The van der Waals surface area contributed by atoms with Crippen molar-refractivity contribution in [2.75, 3.05) is 19.6 Å². The van der Waals surface area contributed by atoms with E-state index in [4.69, 9.17) is 0 Å². The highest BCUT2D eigenvalue weighted by Gasteiger charge is 2.34. The summed E-state index contributed by atoms with van der Waals surface area (Å²) in [6, 6.07) is 1.55. The van der Waals surface area contributed by atoms with Gasteiger partial charge in [-0.2, -0.15) is 0 Å². The summed E-state index contributed by atoms with van der Waals surface area (Å²) in [6.45, 7) is 11.0. The van der Waals surface area contributed by atoms with Crippen LogP contribution in [-0.4, -0.2) is 36.6 Å². The molecule has 2 heterocycles. The van der Waals surface area contributed by atoms with Gasteiger partial charge in [-0.05, 0) is 50.6 Å². The van der Waals surface area contributed by atoms with Gasteiger partial charge in [0.15, 0.2) is 0 Å². The Balaban J connectivity index is 1.93. The van der Waals surface area contributed by atoms with Crippen LogP contribution in [0.15, 0.2) is 0 Å². The minimum Gasteiger partial charge on any atom is -0.312 e. The molecule has 2 nitrogen and oxygen atoms in total. The molecule has 17 heavy (non-hydrogen) atoms. The molecule has 0 spiro atoms. The van der Waals surface area contributed by atoms with Crippen LogP contribution < -0.4 is 5.32 Å². The van der Waals surface area contributed by atoms with Crippen molar-refractivity contribution in [3.05, 3.63) is 0 Å². The number of rotatable bonds is 3. The van der Waals surface area contributed by atoms with Crippen molar-refractivity contribution in [3.8, 4) is 0 Å². The Morgan fingerprint density at radius 1 is 1.24 bits per heavy atom. The molecule has 2 atom stereocenters. The summed E-state index contributed by atoms with van der Waals surface area (Å²) in [4.78, 5) is 2.76. The first-order valence-electron chi connectivity index (χ1n) is 7.61. The Labute approximate surface area is 107 Å². The first kappa shape index (κ1) is 13.4. The van der Waals surface area contributed by atoms with Gasteiger partial charge in [-0.25, -0.2) is 0 Å². The molecule has 0 saturated carbocycles. The molecule has 0 aliphatic carbocycles. The summed E-state index contributed by atoms with van der Waals surface area (Å²) in [5.41, 5.74) is 0.480. The lowest BCUT2D eigenvalue weighted by atomic mass is 9.77. The summed E-state index contributed by atoms with van der Waals surface area (Å²) in [6.07, 6.45) is 8.33. The highest BCUT2D eigenvalue weighted by Crippen LogP contribution is 2.32. The van der Waals surface area contributed by atoms with E-state index < -0.39 is 0 Å². The zero-order valence-corrected chi connectivity index (χ0v) is 12.0. The lowest BCUT2D eigenvalue weighted by Crippen LogP contribution is -2.55. The molecule has 0 bridgehead atoms. The molecule has 0 radical (unpaired) electrons. The number of likely N-dealkylation sites (tertiary alicyclic amines) is 1. The predicted octanol–water partition coefficient (Wildman–Crippen LogP) is 3.03. The number of hydrogen-bond acceptors (Lipinski definition) is 2. The van der Waals surface area contributed by atoms with Crippen LogP contribution in [-0.2, 0) is 0 Å². The van der Waals surface area contributed by atoms with E-state index in [0.717, 1.165) is 6.04 Å². The van der Waals surface area contributed by atoms with E-state index in [1.807, 2.05) is 0 Å². The predicted molar refractivity (Wildman–Crippen MR) is 74.3 cm³/mol. The van der Waals surface area contributed by atoms with Crippen LogP contribution in [0.25, 0.3) is 0 Å². The zero-order valence-electron chi connectivity index (χ0n) is 12.0. The van der Waals surface area contributed by atoms with Crippen molar-refractivity contribution in [1.82, 2.24) is 10.2 Å². The van der Waals surface area contributed by atoms with Gasteiger partial charge < -0.3 is 5.32 Å². The maximum atomic E-state index is 3.76. The minimum atomic E-state index is 0.480. The molecule has 2 aliphatic heterocycles. The molecule has 2 unspecified atom stereocenters. The number of nitrogens with one attached hydrogen (secondary N) is 1. The van der Waals surface area contributed by atoms with E-state index in [1.54, 1.807) is 0 Å². The quantitative estimate of drug-likeness (QED) is 0.813. The van der Waals surface area contributed by atoms with Crippen molar-refractivity contribution < 1.29 is 0 Å². The molecular formula is C15H30N2. The van der Waals surface area contributed by atoms with E-state index in [0.29, 0.717) is 11.5 Å². The molecule has 0 amide bonds. The summed E-state index contributed by atoms with van der Waals surface area (Å²) in [5.74, 6) is 0. The topological polar surface area (TPSA) is 15.3 Å². The standard InChI is InChI=1S/C15H30N2/c1-4-13-8-5-6-11-17(13)12-14-15(2,3)9-7-10-16-14/h13-14,16H,4-12H2,1-3H3. The molecule has 100 valence electrons. The monoisotopic (exact) mass is 238 g/mol. The van der Waals surface area contributed by atoms with Gasteiger partial charge in [0, 0.05) is 18.6 Å². The van der Waals surface area contributed by atoms with Gasteiger partial charge in [0.1, 0.15) is 0 Å². The third-order valence-electron chi connectivity index (χ3n) is 4.97. The van der Waals surface area contributed by atoms with Crippen LogP contribution in [0.2, 0.25) is 0 Å². The van der Waals surface area contributed by atoms with Gasteiger partial charge in [-0.3, -0.25) is 4.90 Å². The van der Waals surface area contributed by atoms with E-state index in [2.05, 4.69) is 31.0 Å². The average Bonchev–Trinajstić information content (AvgIpc) is 2.32. The molecule has 2 saturated heterocycles. The molecular weight excluding hydrogens is 208 g/mol. The Bertz CT molecular complexity index is 237. The summed E-state index contributed by atoms with van der Waals surface area (Å²) < 4.78 is 0. The van der Waals surface area contributed by atoms with Gasteiger partial charge in [0.25, 0.3) is 0 Å². The highest BCUT2D eigenvalue weighted by molar-refractivity contribution is 4.92. The molecule has 2 fully saturated rings. The van der Waals surface area contributed by atoms with Gasteiger partial charge in [-0.15, -0.1) is 0 Å². The van der Waals surface area contributed by atoms with Crippen LogP contribution in [0.3, 0.4) is 0 Å². The Kier molecular flexibility index (Phi) is 4.48. The number of nitrogens with zero attached hydrogens (tertiary/aromatic N) is 1. The zero-order chi connectivity index (χ0) is 12.3. The summed E-state index contributed by atoms with van der Waals surface area (Å²) >= 11 is 0. The van der Waals surface area contributed by atoms with Crippen LogP contribution in [0, 0.1) is 5.41 Å².